The van der Waals surface area contributed by atoms with Crippen LogP contribution in [-0.4, -0.2) is 47.7 Å². The highest BCUT2D eigenvalue weighted by Gasteiger charge is 2.08. The molecule has 0 fully saturated rings. The van der Waals surface area contributed by atoms with E-state index in [-0.39, 0.29) is 12.0 Å². The third-order valence-corrected chi connectivity index (χ3v) is 6.01. The average Bonchev–Trinajstić information content (AvgIpc) is 3.24. The number of rotatable bonds is 12. The Kier molecular flexibility index (Phi) is 9.23. The van der Waals surface area contributed by atoms with Gasteiger partial charge in [0, 0.05) is 24.6 Å². The first-order chi connectivity index (χ1) is 12.1. The predicted octanol–water partition coefficient (Wildman–Crippen LogP) is 3.28. The fourth-order valence-corrected chi connectivity index (χ4v) is 4.20. The third-order valence-electron chi connectivity index (χ3n) is 3.06. The summed E-state index contributed by atoms with van der Waals surface area (Å²) in [7, 11) is 0. The highest BCUT2D eigenvalue weighted by Crippen LogP contribution is 2.25. The Balaban J connectivity index is 1.56. The summed E-state index contributed by atoms with van der Waals surface area (Å²) >= 11 is 4.65. The van der Waals surface area contributed by atoms with Crippen molar-refractivity contribution in [3.63, 3.8) is 0 Å². The van der Waals surface area contributed by atoms with Crippen LogP contribution in [0.3, 0.4) is 0 Å². The number of nitrogens with zero attached hydrogens (tertiary/aromatic N) is 2. The fourth-order valence-electron chi connectivity index (χ4n) is 1.88. The predicted molar refractivity (Wildman–Crippen MR) is 106 cm³/mol. The van der Waals surface area contributed by atoms with Crippen LogP contribution in [-0.2, 0) is 16.0 Å². The van der Waals surface area contributed by atoms with E-state index in [9.17, 15) is 4.79 Å². The molecule has 25 heavy (non-hydrogen) atoms. The number of aromatic nitrogens is 2. The number of hydrogen-bond donors (Lipinski definition) is 2. The van der Waals surface area contributed by atoms with E-state index in [4.69, 9.17) is 4.74 Å². The van der Waals surface area contributed by atoms with Gasteiger partial charge in [-0.25, -0.2) is 0 Å². The average molecular weight is 401 g/mol. The fraction of sp³-hybridized carbons (Fsp3) is 0.562. The minimum Gasteiger partial charge on any atom is -0.379 e. The maximum atomic E-state index is 11.8. The molecule has 0 bridgehead atoms. The molecule has 0 atom stereocenters. The van der Waals surface area contributed by atoms with Gasteiger partial charge >= 0.3 is 0 Å². The van der Waals surface area contributed by atoms with Gasteiger partial charge in [0.1, 0.15) is 0 Å². The lowest BCUT2D eigenvalue weighted by Crippen LogP contribution is -2.27. The second kappa shape index (κ2) is 11.5. The van der Waals surface area contributed by atoms with E-state index >= 15 is 0 Å². The molecule has 6 nitrogen and oxygen atoms in total. The Hall–Kier alpha value is -1.16. The highest BCUT2D eigenvalue weighted by molar-refractivity contribution is 8.01. The molecule has 2 N–H and O–H groups in total. The van der Waals surface area contributed by atoms with Crippen LogP contribution in [0.5, 0.6) is 0 Å². The van der Waals surface area contributed by atoms with E-state index in [1.807, 2.05) is 13.8 Å². The van der Waals surface area contributed by atoms with Crippen molar-refractivity contribution in [1.29, 1.82) is 0 Å². The van der Waals surface area contributed by atoms with E-state index in [0.29, 0.717) is 18.9 Å². The molecule has 0 aliphatic heterocycles. The SMILES string of the molecule is CC(C)OCCCNC(=O)CSc1nnc(NCCc2cccs2)s1. The van der Waals surface area contributed by atoms with Crippen LogP contribution in [0.15, 0.2) is 21.9 Å². The van der Waals surface area contributed by atoms with Crippen molar-refractivity contribution in [2.24, 2.45) is 0 Å². The van der Waals surface area contributed by atoms with E-state index < -0.39 is 0 Å². The van der Waals surface area contributed by atoms with Gasteiger partial charge in [0.2, 0.25) is 11.0 Å². The van der Waals surface area contributed by atoms with Crippen LogP contribution in [0, 0.1) is 0 Å². The monoisotopic (exact) mass is 400 g/mol. The quantitative estimate of drug-likeness (QED) is 0.421. The summed E-state index contributed by atoms with van der Waals surface area (Å²) in [5.74, 6) is 0.367. The van der Waals surface area contributed by atoms with Crippen molar-refractivity contribution < 1.29 is 9.53 Å². The Labute approximate surface area is 160 Å². The van der Waals surface area contributed by atoms with Crippen LogP contribution >= 0.6 is 34.4 Å². The highest BCUT2D eigenvalue weighted by atomic mass is 32.2. The molecule has 0 spiro atoms. The van der Waals surface area contributed by atoms with E-state index in [2.05, 4.69) is 38.3 Å². The molecule has 2 heterocycles. The zero-order chi connectivity index (χ0) is 17.9. The molecule has 0 aliphatic rings. The van der Waals surface area contributed by atoms with Crippen LogP contribution < -0.4 is 10.6 Å². The van der Waals surface area contributed by atoms with Crippen molar-refractivity contribution in [2.45, 2.75) is 37.1 Å². The van der Waals surface area contributed by atoms with Crippen LogP contribution in [0.25, 0.3) is 0 Å². The van der Waals surface area contributed by atoms with Gasteiger partial charge in [-0.1, -0.05) is 29.2 Å². The molecule has 0 saturated carbocycles. The van der Waals surface area contributed by atoms with Gasteiger partial charge in [-0.15, -0.1) is 21.5 Å². The molecule has 9 heteroatoms. The molecule has 0 unspecified atom stereocenters. The number of anilines is 1. The summed E-state index contributed by atoms with van der Waals surface area (Å²) in [6, 6.07) is 4.18. The maximum absolute atomic E-state index is 11.8. The summed E-state index contributed by atoms with van der Waals surface area (Å²) in [6.45, 7) is 6.14. The number of thioether (sulfide) groups is 1. The van der Waals surface area contributed by atoms with Gasteiger partial charge < -0.3 is 15.4 Å². The molecule has 138 valence electrons. The van der Waals surface area contributed by atoms with Gasteiger partial charge in [0.15, 0.2) is 4.34 Å². The molecular formula is C16H24N4O2S3. The molecule has 0 aliphatic carbocycles. The van der Waals surface area contributed by atoms with Crippen molar-refractivity contribution in [3.05, 3.63) is 22.4 Å². The van der Waals surface area contributed by atoms with Crippen molar-refractivity contribution >= 4 is 45.5 Å². The Morgan fingerprint density at radius 2 is 2.24 bits per heavy atom. The summed E-state index contributed by atoms with van der Waals surface area (Å²) in [4.78, 5) is 13.1. The zero-order valence-electron chi connectivity index (χ0n) is 14.5. The van der Waals surface area contributed by atoms with Gasteiger partial charge in [0.05, 0.1) is 11.9 Å². The normalized spacial score (nSPS) is 11.0. The first kappa shape index (κ1) is 20.2. The van der Waals surface area contributed by atoms with E-state index in [0.717, 1.165) is 28.9 Å². The van der Waals surface area contributed by atoms with Gasteiger partial charge in [-0.05, 0) is 38.1 Å². The summed E-state index contributed by atoms with van der Waals surface area (Å²) < 4.78 is 6.23. The zero-order valence-corrected chi connectivity index (χ0v) is 16.9. The molecule has 2 aromatic rings. The van der Waals surface area contributed by atoms with E-state index in [1.54, 1.807) is 11.3 Å². The number of carbonyl (C=O) groups is 1. The van der Waals surface area contributed by atoms with Gasteiger partial charge in [-0.3, -0.25) is 4.79 Å². The standard InChI is InChI=1S/C16H24N4O2S3/c1-12(2)22-9-4-7-17-14(21)11-24-16-20-19-15(25-16)18-8-6-13-5-3-10-23-13/h3,5,10,12H,4,6-9,11H2,1-2H3,(H,17,21)(H,18,19). The summed E-state index contributed by atoms with van der Waals surface area (Å²) in [5.41, 5.74) is 0. The lowest BCUT2D eigenvalue weighted by atomic mass is 10.3. The molecule has 2 rings (SSSR count). The van der Waals surface area contributed by atoms with Gasteiger partial charge in [-0.2, -0.15) is 0 Å². The Morgan fingerprint density at radius 3 is 3.00 bits per heavy atom. The summed E-state index contributed by atoms with van der Waals surface area (Å²) in [6.07, 6.45) is 2.03. The van der Waals surface area contributed by atoms with E-state index in [1.165, 1.54) is 28.0 Å². The lowest BCUT2D eigenvalue weighted by Gasteiger charge is -2.07. The number of ether oxygens (including phenoxy) is 1. The van der Waals surface area contributed by atoms with Crippen molar-refractivity contribution in [1.82, 2.24) is 15.5 Å². The number of carbonyl (C=O) groups excluding carboxylic acids is 1. The molecule has 0 radical (unpaired) electrons. The number of nitrogens with one attached hydrogen (secondary N) is 2. The minimum atomic E-state index is 0.0111. The lowest BCUT2D eigenvalue weighted by molar-refractivity contribution is -0.118. The second-order valence-corrected chi connectivity index (χ2v) is 8.77. The molecular weight excluding hydrogens is 376 g/mol. The van der Waals surface area contributed by atoms with Gasteiger partial charge in [0.25, 0.3) is 0 Å². The Bertz CT molecular complexity index is 617. The summed E-state index contributed by atoms with van der Waals surface area (Å²) in [5, 5.41) is 17.2. The van der Waals surface area contributed by atoms with Crippen LogP contribution in [0.4, 0.5) is 5.13 Å². The number of amides is 1. The number of hydrogen-bond acceptors (Lipinski definition) is 8. The minimum absolute atomic E-state index is 0.0111. The largest absolute Gasteiger partial charge is 0.379 e. The Morgan fingerprint density at radius 1 is 1.36 bits per heavy atom. The first-order valence-electron chi connectivity index (χ1n) is 8.24. The molecule has 0 aromatic carbocycles. The topological polar surface area (TPSA) is 76.1 Å². The van der Waals surface area contributed by atoms with Crippen LogP contribution in [0.1, 0.15) is 25.1 Å². The number of thiophene rings is 1. The van der Waals surface area contributed by atoms with Crippen LogP contribution in [0.2, 0.25) is 0 Å². The van der Waals surface area contributed by atoms with Crippen molar-refractivity contribution in [2.75, 3.05) is 30.8 Å². The second-order valence-electron chi connectivity index (χ2n) is 5.54. The third kappa shape index (κ3) is 8.66. The first-order valence-corrected chi connectivity index (χ1v) is 10.9. The molecule has 0 saturated heterocycles. The van der Waals surface area contributed by atoms with Crippen molar-refractivity contribution in [3.8, 4) is 0 Å². The maximum Gasteiger partial charge on any atom is 0.230 e. The smallest absolute Gasteiger partial charge is 0.230 e. The molecule has 1 amide bonds. The molecule has 2 aromatic heterocycles.